The Morgan fingerprint density at radius 3 is 2.73 bits per heavy atom. The van der Waals surface area contributed by atoms with Gasteiger partial charge in [-0.1, -0.05) is 25.1 Å². The van der Waals surface area contributed by atoms with E-state index in [1.807, 2.05) is 18.2 Å². The Labute approximate surface area is 157 Å². The molecule has 0 aliphatic heterocycles. The standard InChI is InChI=1S/C20H24N2O3S/c1-13-8-9-15-16(12-13)26-20(17(15)19(25)21-10-5-11-23)22-18(24)14-6-3-2-4-7-14/h2-4,6-7,13,23H,5,8-12H2,1H3,(H,21,25)(H,22,24)/t13-/m0/s1. The molecule has 6 heteroatoms. The van der Waals surface area contributed by atoms with E-state index in [1.54, 1.807) is 12.1 Å². The summed E-state index contributed by atoms with van der Waals surface area (Å²) in [6.45, 7) is 2.67. The Morgan fingerprint density at radius 2 is 2.00 bits per heavy atom. The van der Waals surface area contributed by atoms with Crippen molar-refractivity contribution in [1.29, 1.82) is 0 Å². The maximum Gasteiger partial charge on any atom is 0.256 e. The predicted octanol–water partition coefficient (Wildman–Crippen LogP) is 3.24. The van der Waals surface area contributed by atoms with Crippen molar-refractivity contribution in [2.24, 2.45) is 5.92 Å². The Balaban J connectivity index is 1.88. The van der Waals surface area contributed by atoms with E-state index in [2.05, 4.69) is 17.6 Å². The molecule has 5 nitrogen and oxygen atoms in total. The highest BCUT2D eigenvalue weighted by Gasteiger charge is 2.28. The number of benzene rings is 1. The minimum Gasteiger partial charge on any atom is -0.396 e. The molecule has 1 aromatic heterocycles. The number of carbonyl (C=O) groups is 2. The van der Waals surface area contributed by atoms with E-state index >= 15 is 0 Å². The highest BCUT2D eigenvalue weighted by molar-refractivity contribution is 7.17. The highest BCUT2D eigenvalue weighted by Crippen LogP contribution is 2.39. The number of hydrogen-bond acceptors (Lipinski definition) is 4. The van der Waals surface area contributed by atoms with Gasteiger partial charge in [0.1, 0.15) is 5.00 Å². The summed E-state index contributed by atoms with van der Waals surface area (Å²) in [6, 6.07) is 9.01. The average Bonchev–Trinajstić information content (AvgIpc) is 2.99. The molecular weight excluding hydrogens is 348 g/mol. The molecule has 1 aromatic carbocycles. The first-order valence-corrected chi connectivity index (χ1v) is 9.81. The third-order valence-electron chi connectivity index (χ3n) is 4.62. The number of fused-ring (bicyclic) bond motifs is 1. The zero-order valence-corrected chi connectivity index (χ0v) is 15.7. The summed E-state index contributed by atoms with van der Waals surface area (Å²) in [7, 11) is 0. The van der Waals surface area contributed by atoms with Crippen LogP contribution in [0.1, 0.15) is 50.9 Å². The minimum atomic E-state index is -0.207. The lowest BCUT2D eigenvalue weighted by Gasteiger charge is -2.18. The van der Waals surface area contributed by atoms with Crippen molar-refractivity contribution >= 4 is 28.2 Å². The van der Waals surface area contributed by atoms with Gasteiger partial charge in [0.15, 0.2) is 0 Å². The predicted molar refractivity (Wildman–Crippen MR) is 104 cm³/mol. The molecular formula is C20H24N2O3S. The van der Waals surface area contributed by atoms with Gasteiger partial charge in [-0.3, -0.25) is 9.59 Å². The molecule has 0 fully saturated rings. The van der Waals surface area contributed by atoms with Crippen LogP contribution in [0.2, 0.25) is 0 Å². The SMILES string of the molecule is C[C@H]1CCc2c(sc(NC(=O)c3ccccc3)c2C(=O)NCCCO)C1. The summed E-state index contributed by atoms with van der Waals surface area (Å²) in [5.74, 6) is 0.208. The molecule has 3 rings (SSSR count). The lowest BCUT2D eigenvalue weighted by molar-refractivity contribution is 0.0951. The first-order valence-electron chi connectivity index (χ1n) is 9.00. The number of anilines is 1. The second-order valence-corrected chi connectivity index (χ2v) is 7.81. The van der Waals surface area contributed by atoms with Crippen molar-refractivity contribution in [2.75, 3.05) is 18.5 Å². The van der Waals surface area contributed by atoms with E-state index in [4.69, 9.17) is 5.11 Å². The normalized spacial score (nSPS) is 16.0. The third kappa shape index (κ3) is 4.14. The summed E-state index contributed by atoms with van der Waals surface area (Å²) in [5, 5.41) is 15.3. The fourth-order valence-corrected chi connectivity index (χ4v) is 4.62. The van der Waals surface area contributed by atoms with Gasteiger partial charge >= 0.3 is 0 Å². The molecule has 2 amide bonds. The van der Waals surface area contributed by atoms with Gasteiger partial charge in [-0.2, -0.15) is 0 Å². The van der Waals surface area contributed by atoms with E-state index < -0.39 is 0 Å². The summed E-state index contributed by atoms with van der Waals surface area (Å²) in [4.78, 5) is 26.5. The molecule has 26 heavy (non-hydrogen) atoms. The van der Waals surface area contributed by atoms with Crippen LogP contribution in [-0.2, 0) is 12.8 Å². The van der Waals surface area contributed by atoms with E-state index in [-0.39, 0.29) is 18.4 Å². The van der Waals surface area contributed by atoms with Crippen LogP contribution in [0.3, 0.4) is 0 Å². The van der Waals surface area contributed by atoms with Crippen LogP contribution in [0.25, 0.3) is 0 Å². The maximum absolute atomic E-state index is 12.7. The van der Waals surface area contributed by atoms with Crippen molar-refractivity contribution in [3.8, 4) is 0 Å². The quantitative estimate of drug-likeness (QED) is 0.681. The topological polar surface area (TPSA) is 78.4 Å². The van der Waals surface area contributed by atoms with Gasteiger partial charge in [0, 0.05) is 23.6 Å². The smallest absolute Gasteiger partial charge is 0.256 e. The van der Waals surface area contributed by atoms with Crippen molar-refractivity contribution < 1.29 is 14.7 Å². The van der Waals surface area contributed by atoms with Crippen molar-refractivity contribution in [2.45, 2.75) is 32.6 Å². The molecule has 1 aliphatic rings. The zero-order valence-electron chi connectivity index (χ0n) is 14.9. The molecule has 0 saturated heterocycles. The zero-order chi connectivity index (χ0) is 18.5. The Kier molecular flexibility index (Phi) is 6.06. The lowest BCUT2D eigenvalue weighted by atomic mass is 9.88. The summed E-state index contributed by atoms with van der Waals surface area (Å²) in [6.07, 6.45) is 3.36. The van der Waals surface area contributed by atoms with Gasteiger partial charge in [-0.05, 0) is 49.3 Å². The van der Waals surface area contributed by atoms with Crippen LogP contribution < -0.4 is 10.6 Å². The molecule has 0 radical (unpaired) electrons. The van der Waals surface area contributed by atoms with E-state index in [1.165, 1.54) is 16.2 Å². The van der Waals surface area contributed by atoms with Crippen LogP contribution in [0.15, 0.2) is 30.3 Å². The van der Waals surface area contributed by atoms with Crippen LogP contribution in [0.4, 0.5) is 5.00 Å². The Hall–Kier alpha value is -2.18. The van der Waals surface area contributed by atoms with Crippen molar-refractivity contribution in [1.82, 2.24) is 5.32 Å². The molecule has 138 valence electrons. The molecule has 3 N–H and O–H groups in total. The van der Waals surface area contributed by atoms with Gasteiger partial charge in [-0.15, -0.1) is 11.3 Å². The van der Waals surface area contributed by atoms with Crippen LogP contribution >= 0.6 is 11.3 Å². The van der Waals surface area contributed by atoms with E-state index in [0.29, 0.717) is 35.0 Å². The van der Waals surface area contributed by atoms with E-state index in [0.717, 1.165) is 24.8 Å². The van der Waals surface area contributed by atoms with Crippen LogP contribution in [0, 0.1) is 5.92 Å². The van der Waals surface area contributed by atoms with Crippen LogP contribution in [0.5, 0.6) is 0 Å². The second kappa shape index (κ2) is 8.47. The number of thiophene rings is 1. The van der Waals surface area contributed by atoms with Gasteiger partial charge in [0.05, 0.1) is 5.56 Å². The molecule has 1 heterocycles. The number of aliphatic hydroxyl groups excluding tert-OH is 1. The molecule has 0 saturated carbocycles. The summed E-state index contributed by atoms with van der Waals surface area (Å²) < 4.78 is 0. The fourth-order valence-electron chi connectivity index (χ4n) is 3.21. The monoisotopic (exact) mass is 372 g/mol. The second-order valence-electron chi connectivity index (χ2n) is 6.71. The number of carbonyl (C=O) groups excluding carboxylic acids is 2. The average molecular weight is 372 g/mol. The number of hydrogen-bond donors (Lipinski definition) is 3. The molecule has 0 bridgehead atoms. The summed E-state index contributed by atoms with van der Waals surface area (Å²) in [5.41, 5.74) is 2.23. The first kappa shape index (κ1) is 18.6. The van der Waals surface area contributed by atoms with Gasteiger partial charge in [-0.25, -0.2) is 0 Å². The van der Waals surface area contributed by atoms with Crippen LogP contribution in [-0.4, -0.2) is 30.1 Å². The molecule has 1 aliphatic carbocycles. The molecule has 1 atom stereocenters. The Bertz CT molecular complexity index is 786. The highest BCUT2D eigenvalue weighted by atomic mass is 32.1. The third-order valence-corrected chi connectivity index (χ3v) is 5.79. The molecule has 0 unspecified atom stereocenters. The molecule has 0 spiro atoms. The number of nitrogens with one attached hydrogen (secondary N) is 2. The first-order chi connectivity index (χ1) is 12.6. The van der Waals surface area contributed by atoms with E-state index in [9.17, 15) is 9.59 Å². The minimum absolute atomic E-state index is 0.0388. The van der Waals surface area contributed by atoms with Gasteiger partial charge in [0.25, 0.3) is 11.8 Å². The van der Waals surface area contributed by atoms with Gasteiger partial charge < -0.3 is 15.7 Å². The molecule has 2 aromatic rings. The fraction of sp³-hybridized carbons (Fsp3) is 0.400. The Morgan fingerprint density at radius 1 is 1.23 bits per heavy atom. The number of rotatable bonds is 6. The number of aliphatic hydroxyl groups is 1. The summed E-state index contributed by atoms with van der Waals surface area (Å²) >= 11 is 1.51. The van der Waals surface area contributed by atoms with Crippen molar-refractivity contribution in [3.05, 3.63) is 51.9 Å². The largest absolute Gasteiger partial charge is 0.396 e. The lowest BCUT2D eigenvalue weighted by Crippen LogP contribution is -2.27. The van der Waals surface area contributed by atoms with Crippen molar-refractivity contribution in [3.63, 3.8) is 0 Å². The van der Waals surface area contributed by atoms with Gasteiger partial charge in [0.2, 0.25) is 0 Å². The maximum atomic E-state index is 12.7. The number of amides is 2.